The number of rotatable bonds is 5. The molecule has 1 aromatic heterocycles. The fraction of sp³-hybridized carbons (Fsp3) is 0.200. The number of aromatic nitrogens is 2. The second-order valence-electron chi connectivity index (χ2n) is 5.81. The van der Waals surface area contributed by atoms with Crippen molar-refractivity contribution in [2.75, 3.05) is 12.8 Å². The number of nitriles is 1. The summed E-state index contributed by atoms with van der Waals surface area (Å²) in [7, 11) is 1.64. The van der Waals surface area contributed by atoms with Crippen LogP contribution in [-0.2, 0) is 5.54 Å². The van der Waals surface area contributed by atoms with Crippen molar-refractivity contribution in [1.29, 1.82) is 5.26 Å². The van der Waals surface area contributed by atoms with Gasteiger partial charge in [0.1, 0.15) is 11.3 Å². The number of anilines is 1. The van der Waals surface area contributed by atoms with E-state index in [2.05, 4.69) is 18.1 Å². The number of hydrogen-bond acceptors (Lipinski definition) is 4. The average Bonchev–Trinajstić information content (AvgIpc) is 3.09. The Bertz CT molecular complexity index is 950. The minimum Gasteiger partial charge on any atom is -0.497 e. The van der Waals surface area contributed by atoms with Crippen LogP contribution in [-0.4, -0.2) is 16.9 Å². The predicted octanol–water partition coefficient (Wildman–Crippen LogP) is 3.86. The molecule has 2 N–H and O–H groups in total. The van der Waals surface area contributed by atoms with E-state index in [4.69, 9.17) is 15.7 Å². The number of allylic oxidation sites excluding steroid dienone is 2. The Balaban J connectivity index is 2.28. The summed E-state index contributed by atoms with van der Waals surface area (Å²) in [5.41, 5.74) is 8.15. The fourth-order valence-corrected chi connectivity index (χ4v) is 3.21. The lowest BCUT2D eigenvalue weighted by Crippen LogP contribution is -2.33. The van der Waals surface area contributed by atoms with Crippen LogP contribution in [0.1, 0.15) is 18.9 Å². The van der Waals surface area contributed by atoms with E-state index in [1.54, 1.807) is 13.3 Å². The number of benzene rings is 2. The molecule has 5 heteroatoms. The van der Waals surface area contributed by atoms with Crippen molar-refractivity contribution < 1.29 is 4.74 Å². The smallest absolute Gasteiger partial charge is 0.118 e. The van der Waals surface area contributed by atoms with Gasteiger partial charge in [-0.3, -0.25) is 4.68 Å². The molecule has 5 nitrogen and oxygen atoms in total. The Morgan fingerprint density at radius 3 is 2.68 bits per heavy atom. The lowest BCUT2D eigenvalue weighted by Gasteiger charge is -2.31. The molecule has 1 heterocycles. The molecule has 0 aliphatic heterocycles. The van der Waals surface area contributed by atoms with Crippen molar-refractivity contribution in [3.63, 3.8) is 0 Å². The first-order valence-electron chi connectivity index (χ1n) is 8.11. The van der Waals surface area contributed by atoms with Crippen molar-refractivity contribution in [3.05, 3.63) is 66.4 Å². The third kappa shape index (κ3) is 2.72. The third-order valence-electron chi connectivity index (χ3n) is 4.59. The van der Waals surface area contributed by atoms with Gasteiger partial charge >= 0.3 is 0 Å². The molecule has 3 aromatic rings. The minimum atomic E-state index is -0.586. The van der Waals surface area contributed by atoms with Gasteiger partial charge in [-0.25, -0.2) is 0 Å². The Labute approximate surface area is 146 Å². The van der Waals surface area contributed by atoms with E-state index in [-0.39, 0.29) is 0 Å². The Hall–Kier alpha value is -3.26. The molecule has 0 saturated heterocycles. The van der Waals surface area contributed by atoms with Crippen LogP contribution < -0.4 is 10.5 Å². The van der Waals surface area contributed by atoms with Gasteiger partial charge in [-0.1, -0.05) is 25.1 Å². The summed E-state index contributed by atoms with van der Waals surface area (Å²) >= 11 is 0. The molecular weight excluding hydrogens is 312 g/mol. The Kier molecular flexibility index (Phi) is 4.44. The maximum atomic E-state index is 9.10. The van der Waals surface area contributed by atoms with Gasteiger partial charge in [-0.2, -0.15) is 10.4 Å². The second-order valence-corrected chi connectivity index (χ2v) is 5.81. The first-order chi connectivity index (χ1) is 12.2. The summed E-state index contributed by atoms with van der Waals surface area (Å²) < 4.78 is 7.20. The molecule has 25 heavy (non-hydrogen) atoms. The summed E-state index contributed by atoms with van der Waals surface area (Å²) in [5, 5.41) is 14.6. The predicted molar refractivity (Wildman–Crippen MR) is 99.3 cm³/mol. The molecular formula is C20H20N4O. The molecule has 0 aliphatic rings. The molecule has 0 aliphatic carbocycles. The standard InChI is InChI=1S/C20H20N4O/c1-3-20(12-5-13-21,15-8-10-16(25-2)11-9-15)24-19-7-4-6-18(22)17(19)14-23-24/h4-12,14H,3,22H2,1-2H3/b12-5+. The van der Waals surface area contributed by atoms with E-state index in [1.165, 1.54) is 6.08 Å². The van der Waals surface area contributed by atoms with Crippen molar-refractivity contribution >= 4 is 16.6 Å². The van der Waals surface area contributed by atoms with E-state index in [0.717, 1.165) is 28.6 Å². The maximum absolute atomic E-state index is 9.10. The minimum absolute atomic E-state index is 0.586. The first kappa shape index (κ1) is 16.6. The topological polar surface area (TPSA) is 76.9 Å². The number of methoxy groups -OCH3 is 1. The van der Waals surface area contributed by atoms with E-state index in [1.807, 2.05) is 53.2 Å². The van der Waals surface area contributed by atoms with Crippen molar-refractivity contribution in [3.8, 4) is 11.8 Å². The maximum Gasteiger partial charge on any atom is 0.118 e. The highest BCUT2D eigenvalue weighted by Gasteiger charge is 2.32. The van der Waals surface area contributed by atoms with Gasteiger partial charge in [-0.15, -0.1) is 0 Å². The SMILES string of the molecule is CCC(/C=C/C#N)(c1ccc(OC)cc1)n1ncc2c(N)cccc21. The lowest BCUT2D eigenvalue weighted by molar-refractivity contribution is 0.398. The molecule has 0 fully saturated rings. The zero-order valence-electron chi connectivity index (χ0n) is 14.3. The molecule has 1 unspecified atom stereocenters. The van der Waals surface area contributed by atoms with Crippen LogP contribution in [0.2, 0.25) is 0 Å². The monoisotopic (exact) mass is 332 g/mol. The van der Waals surface area contributed by atoms with E-state index >= 15 is 0 Å². The van der Waals surface area contributed by atoms with E-state index in [9.17, 15) is 0 Å². The van der Waals surface area contributed by atoms with Crippen LogP contribution in [0.4, 0.5) is 5.69 Å². The molecule has 1 atom stereocenters. The highest BCUT2D eigenvalue weighted by Crippen LogP contribution is 2.36. The van der Waals surface area contributed by atoms with Crippen molar-refractivity contribution in [2.45, 2.75) is 18.9 Å². The molecule has 0 bridgehead atoms. The van der Waals surface area contributed by atoms with E-state index in [0.29, 0.717) is 5.69 Å². The summed E-state index contributed by atoms with van der Waals surface area (Å²) in [5.74, 6) is 0.785. The fourth-order valence-electron chi connectivity index (χ4n) is 3.21. The van der Waals surface area contributed by atoms with Gasteiger partial charge < -0.3 is 10.5 Å². The van der Waals surface area contributed by atoms with Crippen LogP contribution in [0.5, 0.6) is 5.75 Å². The Morgan fingerprint density at radius 2 is 2.04 bits per heavy atom. The average molecular weight is 332 g/mol. The zero-order valence-corrected chi connectivity index (χ0v) is 14.3. The lowest BCUT2D eigenvalue weighted by atomic mass is 9.86. The highest BCUT2D eigenvalue weighted by atomic mass is 16.5. The van der Waals surface area contributed by atoms with Gasteiger partial charge in [-0.05, 0) is 42.3 Å². The molecule has 0 radical (unpaired) electrons. The zero-order chi connectivity index (χ0) is 17.9. The first-order valence-corrected chi connectivity index (χ1v) is 8.11. The molecule has 0 saturated carbocycles. The summed E-state index contributed by atoms with van der Waals surface area (Å²) in [6.45, 7) is 2.08. The van der Waals surface area contributed by atoms with Crippen LogP contribution in [0.3, 0.4) is 0 Å². The van der Waals surface area contributed by atoms with Crippen LogP contribution in [0.15, 0.2) is 60.8 Å². The largest absolute Gasteiger partial charge is 0.497 e. The number of fused-ring (bicyclic) bond motifs is 1. The summed E-state index contributed by atoms with van der Waals surface area (Å²) in [4.78, 5) is 0. The molecule has 0 amide bonds. The van der Waals surface area contributed by atoms with Crippen molar-refractivity contribution in [2.24, 2.45) is 0 Å². The summed E-state index contributed by atoms with van der Waals surface area (Å²) in [6, 6.07) is 15.7. The van der Waals surface area contributed by atoms with Crippen molar-refractivity contribution in [1.82, 2.24) is 9.78 Å². The van der Waals surface area contributed by atoms with Crippen LogP contribution in [0.25, 0.3) is 10.9 Å². The number of ether oxygens (including phenoxy) is 1. The van der Waals surface area contributed by atoms with Crippen LogP contribution in [0, 0.1) is 11.3 Å². The van der Waals surface area contributed by atoms with E-state index < -0.39 is 5.54 Å². The molecule has 0 spiro atoms. The third-order valence-corrected chi connectivity index (χ3v) is 4.59. The normalized spacial score (nSPS) is 13.6. The molecule has 3 rings (SSSR count). The number of nitrogens with zero attached hydrogens (tertiary/aromatic N) is 3. The van der Waals surface area contributed by atoms with Gasteiger partial charge in [0.25, 0.3) is 0 Å². The number of nitrogen functional groups attached to an aromatic ring is 1. The quantitative estimate of drug-likeness (QED) is 0.568. The van der Waals surface area contributed by atoms with Crippen LogP contribution >= 0.6 is 0 Å². The second kappa shape index (κ2) is 6.70. The molecule has 2 aromatic carbocycles. The number of nitrogens with two attached hydrogens (primary N) is 1. The van der Waals surface area contributed by atoms with Gasteiger partial charge in [0.05, 0.1) is 24.9 Å². The highest BCUT2D eigenvalue weighted by molar-refractivity contribution is 5.90. The summed E-state index contributed by atoms with van der Waals surface area (Å²) in [6.07, 6.45) is 5.90. The Morgan fingerprint density at radius 1 is 1.28 bits per heavy atom. The van der Waals surface area contributed by atoms with Gasteiger partial charge in [0.2, 0.25) is 0 Å². The molecule has 126 valence electrons. The van der Waals surface area contributed by atoms with Gasteiger partial charge in [0.15, 0.2) is 0 Å². The van der Waals surface area contributed by atoms with Gasteiger partial charge in [0, 0.05) is 17.1 Å². The number of hydrogen-bond donors (Lipinski definition) is 1.